The van der Waals surface area contributed by atoms with Crippen LogP contribution in [0, 0.1) is 10.1 Å². The van der Waals surface area contributed by atoms with E-state index in [0.29, 0.717) is 10.8 Å². The van der Waals surface area contributed by atoms with Gasteiger partial charge in [-0.1, -0.05) is 11.8 Å². The first-order valence-corrected chi connectivity index (χ1v) is 3.84. The van der Waals surface area contributed by atoms with E-state index in [9.17, 15) is 14.9 Å². The lowest BCUT2D eigenvalue weighted by Gasteiger charge is -2.04. The molecule has 0 bridgehead atoms. The second-order valence-electron chi connectivity index (χ2n) is 1.99. The van der Waals surface area contributed by atoms with E-state index in [4.69, 9.17) is 0 Å². The van der Waals surface area contributed by atoms with Gasteiger partial charge in [-0.25, -0.2) is 0 Å². The highest BCUT2D eigenvalue weighted by molar-refractivity contribution is 8.04. The van der Waals surface area contributed by atoms with E-state index in [1.807, 2.05) is 0 Å². The van der Waals surface area contributed by atoms with Crippen LogP contribution in [0.15, 0.2) is 11.2 Å². The van der Waals surface area contributed by atoms with Gasteiger partial charge in [-0.05, 0) is 0 Å². The average molecular weight is 174 g/mol. The fourth-order valence-corrected chi connectivity index (χ4v) is 1.59. The van der Waals surface area contributed by atoms with Gasteiger partial charge in [0.2, 0.25) is 5.91 Å². The Kier molecular flexibility index (Phi) is 2.13. The van der Waals surface area contributed by atoms with Gasteiger partial charge in [-0.3, -0.25) is 14.9 Å². The molecule has 1 aliphatic rings. The molecule has 0 N–H and O–H groups in total. The first-order chi connectivity index (χ1) is 5.11. The van der Waals surface area contributed by atoms with Crippen LogP contribution in [0.1, 0.15) is 0 Å². The number of hydrogen-bond acceptors (Lipinski definition) is 4. The van der Waals surface area contributed by atoms with Crippen molar-refractivity contribution in [2.45, 2.75) is 0 Å². The number of rotatable bonds is 1. The molecule has 6 heteroatoms. The summed E-state index contributed by atoms with van der Waals surface area (Å²) in [6.07, 6.45) is 0.843. The molecule has 1 fully saturated rings. The number of nitro groups is 1. The monoisotopic (exact) mass is 174 g/mol. The highest BCUT2D eigenvalue weighted by Crippen LogP contribution is 2.26. The van der Waals surface area contributed by atoms with E-state index in [2.05, 4.69) is 0 Å². The molecule has 0 saturated carbocycles. The Hall–Kier alpha value is -1.04. The van der Waals surface area contributed by atoms with Crippen LogP contribution in [0.3, 0.4) is 0 Å². The van der Waals surface area contributed by atoms with Gasteiger partial charge in [0.25, 0.3) is 6.20 Å². The number of thioether (sulfide) groups is 1. The zero-order valence-corrected chi connectivity index (χ0v) is 6.63. The van der Waals surface area contributed by atoms with Gasteiger partial charge in [-0.15, -0.1) is 0 Å². The third-order valence-corrected chi connectivity index (χ3v) is 2.33. The number of amides is 1. The van der Waals surface area contributed by atoms with E-state index in [-0.39, 0.29) is 5.91 Å². The highest BCUT2D eigenvalue weighted by atomic mass is 32.2. The molecule has 1 rings (SSSR count). The molecule has 0 aromatic carbocycles. The summed E-state index contributed by atoms with van der Waals surface area (Å²) in [5.74, 6) is 0.207. The van der Waals surface area contributed by atoms with Crippen LogP contribution in [0.4, 0.5) is 0 Å². The minimum atomic E-state index is -0.558. The molecular formula is C5H6N2O3S. The zero-order chi connectivity index (χ0) is 8.43. The van der Waals surface area contributed by atoms with Crippen LogP contribution in [0.2, 0.25) is 0 Å². The molecule has 0 aliphatic carbocycles. The SMILES string of the molecule is CN1C(=O)CS/C1=C/[N+](=O)[O-]. The molecule has 0 radical (unpaired) electrons. The lowest BCUT2D eigenvalue weighted by molar-refractivity contribution is -0.403. The summed E-state index contributed by atoms with van der Waals surface area (Å²) >= 11 is 1.18. The van der Waals surface area contributed by atoms with Gasteiger partial charge < -0.3 is 4.90 Å². The summed E-state index contributed by atoms with van der Waals surface area (Å²) in [5, 5.41) is 10.4. The molecule has 5 nitrogen and oxygen atoms in total. The van der Waals surface area contributed by atoms with Crippen molar-refractivity contribution in [2.75, 3.05) is 12.8 Å². The Balaban J connectivity index is 2.76. The van der Waals surface area contributed by atoms with Crippen molar-refractivity contribution < 1.29 is 9.72 Å². The van der Waals surface area contributed by atoms with E-state index in [1.54, 1.807) is 0 Å². The Labute approximate surface area is 67.2 Å². The van der Waals surface area contributed by atoms with Crippen LogP contribution >= 0.6 is 11.8 Å². The molecule has 1 amide bonds. The standard InChI is InChI=1S/C5H6N2O3S/c1-6-4(8)3-11-5(6)2-7(9)10/h2H,3H2,1H3/b5-2+. The van der Waals surface area contributed by atoms with Crippen molar-refractivity contribution >= 4 is 17.7 Å². The summed E-state index contributed by atoms with van der Waals surface area (Å²) in [6, 6.07) is 0. The van der Waals surface area contributed by atoms with Crippen molar-refractivity contribution in [2.24, 2.45) is 0 Å². The Morgan fingerprint density at radius 1 is 1.82 bits per heavy atom. The average Bonchev–Trinajstić information content (AvgIpc) is 2.18. The first-order valence-electron chi connectivity index (χ1n) is 2.86. The zero-order valence-electron chi connectivity index (χ0n) is 5.81. The smallest absolute Gasteiger partial charge is 0.264 e. The summed E-state index contributed by atoms with van der Waals surface area (Å²) in [4.78, 5) is 21.5. The minimum Gasteiger partial charge on any atom is -0.304 e. The summed E-state index contributed by atoms with van der Waals surface area (Å²) in [6.45, 7) is 0. The molecule has 0 aromatic rings. The fourth-order valence-electron chi connectivity index (χ4n) is 0.666. The number of carbonyl (C=O) groups is 1. The minimum absolute atomic E-state index is 0.0944. The predicted octanol–water partition coefficient (Wildman–Crippen LogP) is 0.267. The predicted molar refractivity (Wildman–Crippen MR) is 40.3 cm³/mol. The van der Waals surface area contributed by atoms with Crippen molar-refractivity contribution in [1.29, 1.82) is 0 Å². The van der Waals surface area contributed by atoms with Crippen molar-refractivity contribution in [3.8, 4) is 0 Å². The van der Waals surface area contributed by atoms with E-state index in [0.717, 1.165) is 6.20 Å². The summed E-state index contributed by atoms with van der Waals surface area (Å²) < 4.78 is 0. The molecule has 60 valence electrons. The highest BCUT2D eigenvalue weighted by Gasteiger charge is 2.24. The topological polar surface area (TPSA) is 63.5 Å². The maximum Gasteiger partial charge on any atom is 0.264 e. The van der Waals surface area contributed by atoms with Crippen molar-refractivity contribution in [1.82, 2.24) is 4.90 Å². The molecule has 0 spiro atoms. The molecule has 11 heavy (non-hydrogen) atoms. The molecule has 1 saturated heterocycles. The molecule has 1 heterocycles. The molecule has 1 aliphatic heterocycles. The first kappa shape index (κ1) is 8.06. The fraction of sp³-hybridized carbons (Fsp3) is 0.400. The normalized spacial score (nSPS) is 21.4. The Morgan fingerprint density at radius 2 is 2.45 bits per heavy atom. The van der Waals surface area contributed by atoms with Gasteiger partial charge >= 0.3 is 0 Å². The lowest BCUT2D eigenvalue weighted by atomic mass is 10.6. The van der Waals surface area contributed by atoms with Crippen molar-refractivity contribution in [3.63, 3.8) is 0 Å². The van der Waals surface area contributed by atoms with Gasteiger partial charge in [0.1, 0.15) is 5.03 Å². The van der Waals surface area contributed by atoms with Crippen LogP contribution in [-0.2, 0) is 4.79 Å². The quantitative estimate of drug-likeness (QED) is 0.422. The lowest BCUT2D eigenvalue weighted by Crippen LogP contribution is -2.19. The molecule has 0 unspecified atom stereocenters. The largest absolute Gasteiger partial charge is 0.304 e. The van der Waals surface area contributed by atoms with Crippen LogP contribution < -0.4 is 0 Å². The molecule has 0 atom stereocenters. The van der Waals surface area contributed by atoms with E-state index >= 15 is 0 Å². The molecular weight excluding hydrogens is 168 g/mol. The van der Waals surface area contributed by atoms with Crippen LogP contribution in [-0.4, -0.2) is 28.5 Å². The van der Waals surface area contributed by atoms with Gasteiger partial charge in [0, 0.05) is 7.05 Å². The van der Waals surface area contributed by atoms with Crippen LogP contribution in [0.25, 0.3) is 0 Å². The maximum atomic E-state index is 10.8. The van der Waals surface area contributed by atoms with E-state index in [1.165, 1.54) is 23.7 Å². The number of hydrogen-bond donors (Lipinski definition) is 0. The van der Waals surface area contributed by atoms with Crippen LogP contribution in [0.5, 0.6) is 0 Å². The van der Waals surface area contributed by atoms with Gasteiger partial charge in [0.15, 0.2) is 0 Å². The molecule has 0 aromatic heterocycles. The third kappa shape index (κ3) is 1.70. The Bertz CT molecular complexity index is 238. The second-order valence-corrected chi connectivity index (χ2v) is 2.99. The third-order valence-electron chi connectivity index (χ3n) is 1.26. The maximum absolute atomic E-state index is 10.8. The van der Waals surface area contributed by atoms with Gasteiger partial charge in [0.05, 0.1) is 10.7 Å². The number of carbonyl (C=O) groups excluding carboxylic acids is 1. The van der Waals surface area contributed by atoms with Gasteiger partial charge in [-0.2, -0.15) is 0 Å². The number of nitrogens with zero attached hydrogens (tertiary/aromatic N) is 2. The summed E-state index contributed by atoms with van der Waals surface area (Å²) in [7, 11) is 1.53. The Morgan fingerprint density at radius 3 is 2.82 bits per heavy atom. The van der Waals surface area contributed by atoms with E-state index < -0.39 is 4.92 Å². The second kappa shape index (κ2) is 2.91. The summed E-state index contributed by atoms with van der Waals surface area (Å²) in [5.41, 5.74) is 0. The van der Waals surface area contributed by atoms with Crippen molar-refractivity contribution in [3.05, 3.63) is 21.3 Å².